The smallest absolute Gasteiger partial charge is 0.294 e. The van der Waals surface area contributed by atoms with Gasteiger partial charge < -0.3 is 9.84 Å². The zero-order valence-corrected chi connectivity index (χ0v) is 18.6. The Morgan fingerprint density at radius 1 is 1.29 bits per heavy atom. The summed E-state index contributed by atoms with van der Waals surface area (Å²) in [5, 5.41) is 24.3. The number of phenols is 1. The number of aromatic hydroxyl groups is 1. The molecule has 4 unspecified atom stereocenters. The number of piperidine rings is 2. The standard InChI is InChI=1S/C22H26FN5O2S/c1-13-7-9-28(26-13)14-4-5-16(19(29)10-14)20-24-25-21(31-20)30-15-11-18-17(23)6-8-22(2,12-15)27(18)3/h4-5,7,9-10,15,17-18,29H,6,8,11-12H2,1-3H3. The molecule has 2 bridgehead atoms. The first kappa shape index (κ1) is 20.4. The van der Waals surface area contributed by atoms with Gasteiger partial charge in [0.05, 0.1) is 16.9 Å². The predicted octanol–water partition coefficient (Wildman–Crippen LogP) is 4.14. The molecule has 5 rings (SSSR count). The van der Waals surface area contributed by atoms with Crippen LogP contribution in [0.15, 0.2) is 30.5 Å². The number of halogens is 1. The van der Waals surface area contributed by atoms with Crippen molar-refractivity contribution in [2.45, 2.75) is 63.4 Å². The molecule has 2 saturated heterocycles. The normalized spacial score (nSPS) is 28.6. The van der Waals surface area contributed by atoms with Gasteiger partial charge in [0.1, 0.15) is 18.0 Å². The SMILES string of the molecule is Cc1ccn(-c2ccc(-c3nnc(OC4CC5C(F)CCC(C)(C4)N5C)s3)c(O)c2)n1. The van der Waals surface area contributed by atoms with E-state index in [-0.39, 0.29) is 23.4 Å². The van der Waals surface area contributed by atoms with Crippen LogP contribution in [0.5, 0.6) is 10.9 Å². The van der Waals surface area contributed by atoms with Crippen LogP contribution in [0.3, 0.4) is 0 Å². The van der Waals surface area contributed by atoms with E-state index in [1.165, 1.54) is 11.3 Å². The second-order valence-corrected chi connectivity index (χ2v) is 9.83. The minimum Gasteiger partial charge on any atom is -0.507 e. The number of ether oxygens (including phenoxy) is 1. The topological polar surface area (TPSA) is 76.3 Å². The third-order valence-corrected chi connectivity index (χ3v) is 7.62. The van der Waals surface area contributed by atoms with Crippen LogP contribution in [0.1, 0.15) is 38.3 Å². The Labute approximate surface area is 184 Å². The number of hydrogen-bond donors (Lipinski definition) is 1. The van der Waals surface area contributed by atoms with E-state index in [1.807, 2.05) is 32.3 Å². The lowest BCUT2D eigenvalue weighted by atomic mass is 9.74. The lowest BCUT2D eigenvalue weighted by molar-refractivity contribution is -0.0872. The van der Waals surface area contributed by atoms with E-state index < -0.39 is 6.17 Å². The highest BCUT2D eigenvalue weighted by atomic mass is 32.1. The molecule has 0 aliphatic carbocycles. The van der Waals surface area contributed by atoms with Crippen LogP contribution in [0, 0.1) is 6.92 Å². The van der Waals surface area contributed by atoms with E-state index in [0.717, 1.165) is 24.2 Å². The van der Waals surface area contributed by atoms with Gasteiger partial charge in [-0.1, -0.05) is 16.4 Å². The van der Waals surface area contributed by atoms with Crippen molar-refractivity contribution >= 4 is 11.3 Å². The zero-order chi connectivity index (χ0) is 21.8. The fraction of sp³-hybridized carbons (Fsp3) is 0.500. The molecule has 2 fully saturated rings. The van der Waals surface area contributed by atoms with Gasteiger partial charge in [0, 0.05) is 36.7 Å². The number of phenolic OH excluding ortho intramolecular Hbond substituents is 1. The number of aromatic nitrogens is 4. The van der Waals surface area contributed by atoms with Crippen molar-refractivity contribution in [1.29, 1.82) is 0 Å². The third kappa shape index (κ3) is 3.70. The third-order valence-electron chi connectivity index (χ3n) is 6.77. The molecular weight excluding hydrogens is 417 g/mol. The molecule has 0 amide bonds. The van der Waals surface area contributed by atoms with Crippen LogP contribution in [-0.2, 0) is 0 Å². The van der Waals surface area contributed by atoms with Crippen molar-refractivity contribution in [2.75, 3.05) is 7.05 Å². The summed E-state index contributed by atoms with van der Waals surface area (Å²) in [4.78, 5) is 2.19. The van der Waals surface area contributed by atoms with Gasteiger partial charge in [-0.2, -0.15) is 5.10 Å². The molecule has 2 aliphatic heterocycles. The van der Waals surface area contributed by atoms with E-state index in [1.54, 1.807) is 16.8 Å². The minimum atomic E-state index is -0.816. The molecule has 2 aliphatic rings. The van der Waals surface area contributed by atoms with Crippen LogP contribution in [0.25, 0.3) is 16.3 Å². The summed E-state index contributed by atoms with van der Waals surface area (Å²) in [6.45, 7) is 4.10. The molecule has 4 heterocycles. The first-order chi connectivity index (χ1) is 14.8. The number of benzene rings is 1. The highest BCUT2D eigenvalue weighted by Gasteiger charge is 2.49. The molecule has 164 valence electrons. The van der Waals surface area contributed by atoms with E-state index >= 15 is 0 Å². The second kappa shape index (κ2) is 7.56. The number of aryl methyl sites for hydroxylation is 1. The highest BCUT2D eigenvalue weighted by Crippen LogP contribution is 2.43. The maximum atomic E-state index is 14.5. The van der Waals surface area contributed by atoms with Crippen molar-refractivity contribution in [3.63, 3.8) is 0 Å². The van der Waals surface area contributed by atoms with Crippen molar-refractivity contribution in [1.82, 2.24) is 24.9 Å². The maximum absolute atomic E-state index is 14.5. The summed E-state index contributed by atoms with van der Waals surface area (Å²) < 4.78 is 22.3. The molecule has 0 saturated carbocycles. The van der Waals surface area contributed by atoms with E-state index in [9.17, 15) is 9.50 Å². The molecule has 3 aromatic rings. The number of fused-ring (bicyclic) bond motifs is 2. The quantitative estimate of drug-likeness (QED) is 0.653. The van der Waals surface area contributed by atoms with Crippen LogP contribution in [-0.4, -0.2) is 60.9 Å². The lowest BCUT2D eigenvalue weighted by Gasteiger charge is -2.54. The van der Waals surface area contributed by atoms with Gasteiger partial charge in [-0.05, 0) is 51.9 Å². The van der Waals surface area contributed by atoms with Gasteiger partial charge in [-0.25, -0.2) is 9.07 Å². The summed E-state index contributed by atoms with van der Waals surface area (Å²) in [5.41, 5.74) is 2.21. The lowest BCUT2D eigenvalue weighted by Crippen LogP contribution is -2.63. The number of nitrogens with zero attached hydrogens (tertiary/aromatic N) is 5. The van der Waals surface area contributed by atoms with Crippen LogP contribution in [0.4, 0.5) is 4.39 Å². The summed E-state index contributed by atoms with van der Waals surface area (Å²) >= 11 is 1.29. The first-order valence-electron chi connectivity index (χ1n) is 10.6. The second-order valence-electron chi connectivity index (χ2n) is 8.89. The Hall–Kier alpha value is -2.52. The van der Waals surface area contributed by atoms with Crippen molar-refractivity contribution in [3.05, 3.63) is 36.2 Å². The molecule has 4 atom stereocenters. The molecule has 1 aromatic carbocycles. The van der Waals surface area contributed by atoms with Gasteiger partial charge in [0.2, 0.25) is 0 Å². The van der Waals surface area contributed by atoms with Gasteiger partial charge in [-0.3, -0.25) is 4.90 Å². The maximum Gasteiger partial charge on any atom is 0.294 e. The highest BCUT2D eigenvalue weighted by molar-refractivity contribution is 7.16. The Morgan fingerprint density at radius 2 is 2.13 bits per heavy atom. The molecule has 2 aromatic heterocycles. The van der Waals surface area contributed by atoms with Crippen molar-refractivity contribution in [3.8, 4) is 27.2 Å². The van der Waals surface area contributed by atoms with Crippen LogP contribution >= 0.6 is 11.3 Å². The predicted molar refractivity (Wildman–Crippen MR) is 117 cm³/mol. The number of rotatable bonds is 4. The van der Waals surface area contributed by atoms with E-state index in [2.05, 4.69) is 27.1 Å². The molecule has 7 nitrogen and oxygen atoms in total. The number of hydrogen-bond acceptors (Lipinski definition) is 7. The fourth-order valence-electron chi connectivity index (χ4n) is 4.86. The largest absolute Gasteiger partial charge is 0.507 e. The van der Waals surface area contributed by atoms with Gasteiger partial charge in [0.15, 0.2) is 5.01 Å². The zero-order valence-electron chi connectivity index (χ0n) is 17.8. The first-order valence-corrected chi connectivity index (χ1v) is 11.4. The van der Waals surface area contributed by atoms with E-state index in [0.29, 0.717) is 28.6 Å². The molecule has 9 heteroatoms. The summed E-state index contributed by atoms with van der Waals surface area (Å²) in [5.74, 6) is 0.106. The molecule has 1 N–H and O–H groups in total. The van der Waals surface area contributed by atoms with Gasteiger partial charge in [-0.15, -0.1) is 5.10 Å². The van der Waals surface area contributed by atoms with Crippen molar-refractivity contribution < 1.29 is 14.2 Å². The average Bonchev–Trinajstić information content (AvgIpc) is 3.36. The van der Waals surface area contributed by atoms with Crippen LogP contribution < -0.4 is 4.74 Å². The Kier molecular flexibility index (Phi) is 4.97. The Bertz CT molecular complexity index is 1100. The summed E-state index contributed by atoms with van der Waals surface area (Å²) in [7, 11) is 2.02. The molecule has 0 spiro atoms. The molecule has 0 radical (unpaired) electrons. The molecular formula is C22H26FN5O2S. The summed E-state index contributed by atoms with van der Waals surface area (Å²) in [6, 6.07) is 7.13. The van der Waals surface area contributed by atoms with Crippen molar-refractivity contribution in [2.24, 2.45) is 0 Å². The Balaban J connectivity index is 1.33. The summed E-state index contributed by atoms with van der Waals surface area (Å²) in [6.07, 6.45) is 3.87. The monoisotopic (exact) mass is 443 g/mol. The van der Waals surface area contributed by atoms with Crippen LogP contribution in [0.2, 0.25) is 0 Å². The number of alkyl halides is 1. The fourth-order valence-corrected chi connectivity index (χ4v) is 5.65. The van der Waals surface area contributed by atoms with E-state index in [4.69, 9.17) is 4.74 Å². The molecule has 31 heavy (non-hydrogen) atoms. The van der Waals surface area contributed by atoms with Gasteiger partial charge in [0.25, 0.3) is 5.19 Å². The minimum absolute atomic E-state index is 0.0529. The van der Waals surface area contributed by atoms with Gasteiger partial charge >= 0.3 is 0 Å². The Morgan fingerprint density at radius 3 is 2.87 bits per heavy atom. The average molecular weight is 444 g/mol.